The summed E-state index contributed by atoms with van der Waals surface area (Å²) in [6.07, 6.45) is 5.88. The third-order valence-corrected chi connectivity index (χ3v) is 3.66. The van der Waals surface area contributed by atoms with Gasteiger partial charge in [-0.05, 0) is 49.6 Å². The number of anilines is 2. The van der Waals surface area contributed by atoms with E-state index in [2.05, 4.69) is 39.4 Å². The Hall–Kier alpha value is -1.10. The molecule has 2 N–H and O–H groups in total. The summed E-state index contributed by atoms with van der Waals surface area (Å²) in [4.78, 5) is 12.6. The van der Waals surface area contributed by atoms with Crippen LogP contribution in [-0.2, 0) is 0 Å². The molecule has 0 saturated heterocycles. The van der Waals surface area contributed by atoms with Crippen LogP contribution >= 0.6 is 11.6 Å². The summed E-state index contributed by atoms with van der Waals surface area (Å²) in [6.45, 7) is 5.24. The van der Waals surface area contributed by atoms with E-state index in [1.165, 1.54) is 25.7 Å². The standard InChI is InChI=1S/C13H22ClN5/c1-3-8-15-12-17-11(14)18-13(19-12)16-10-6-4-9(2)5-7-10/h9-10H,3-8H2,1-2H3,(H2,15,16,17,18,19). The van der Waals surface area contributed by atoms with Crippen molar-refractivity contribution in [2.45, 2.75) is 52.0 Å². The maximum Gasteiger partial charge on any atom is 0.229 e. The molecule has 0 aliphatic heterocycles. The molecule has 0 radical (unpaired) electrons. The molecule has 5 nitrogen and oxygen atoms in total. The smallest absolute Gasteiger partial charge is 0.229 e. The molecule has 1 heterocycles. The van der Waals surface area contributed by atoms with Crippen molar-refractivity contribution in [2.75, 3.05) is 17.2 Å². The molecule has 6 heteroatoms. The van der Waals surface area contributed by atoms with Gasteiger partial charge in [0.05, 0.1) is 0 Å². The molecule has 0 amide bonds. The zero-order valence-electron chi connectivity index (χ0n) is 11.6. The fraction of sp³-hybridized carbons (Fsp3) is 0.769. The largest absolute Gasteiger partial charge is 0.354 e. The number of nitrogens with zero attached hydrogens (tertiary/aromatic N) is 3. The molecular formula is C13H22ClN5. The maximum atomic E-state index is 5.93. The molecular weight excluding hydrogens is 262 g/mol. The molecule has 0 unspecified atom stereocenters. The number of hydrogen-bond acceptors (Lipinski definition) is 5. The van der Waals surface area contributed by atoms with Gasteiger partial charge in [0.2, 0.25) is 17.2 Å². The topological polar surface area (TPSA) is 62.7 Å². The Balaban J connectivity index is 1.97. The molecule has 0 spiro atoms. The van der Waals surface area contributed by atoms with E-state index in [1.54, 1.807) is 0 Å². The quantitative estimate of drug-likeness (QED) is 0.868. The van der Waals surface area contributed by atoms with E-state index in [0.29, 0.717) is 17.9 Å². The van der Waals surface area contributed by atoms with Gasteiger partial charge in [-0.15, -0.1) is 0 Å². The van der Waals surface area contributed by atoms with Gasteiger partial charge in [-0.25, -0.2) is 0 Å². The van der Waals surface area contributed by atoms with Crippen molar-refractivity contribution in [3.63, 3.8) is 0 Å². The highest BCUT2D eigenvalue weighted by Gasteiger charge is 2.19. The van der Waals surface area contributed by atoms with E-state index in [4.69, 9.17) is 11.6 Å². The minimum atomic E-state index is 0.236. The molecule has 106 valence electrons. The molecule has 1 aromatic rings. The van der Waals surface area contributed by atoms with E-state index in [1.807, 2.05) is 0 Å². The second kappa shape index (κ2) is 6.89. The fourth-order valence-electron chi connectivity index (χ4n) is 2.32. The number of halogens is 1. The summed E-state index contributed by atoms with van der Waals surface area (Å²) < 4.78 is 0. The monoisotopic (exact) mass is 283 g/mol. The second-order valence-electron chi connectivity index (χ2n) is 5.28. The van der Waals surface area contributed by atoms with Crippen LogP contribution in [0.3, 0.4) is 0 Å². The SMILES string of the molecule is CCCNc1nc(Cl)nc(NC2CCC(C)CC2)n1. The first-order valence-corrected chi connectivity index (χ1v) is 7.47. The summed E-state index contributed by atoms with van der Waals surface area (Å²) in [6, 6.07) is 0.452. The molecule has 1 aromatic heterocycles. The van der Waals surface area contributed by atoms with Crippen molar-refractivity contribution in [1.29, 1.82) is 0 Å². The first-order chi connectivity index (χ1) is 9.17. The fourth-order valence-corrected chi connectivity index (χ4v) is 2.48. The van der Waals surface area contributed by atoms with E-state index in [9.17, 15) is 0 Å². The van der Waals surface area contributed by atoms with E-state index in [-0.39, 0.29) is 5.28 Å². The molecule has 0 bridgehead atoms. The predicted octanol–water partition coefficient (Wildman–Crippen LogP) is 3.34. The number of nitrogens with one attached hydrogen (secondary N) is 2. The first kappa shape index (κ1) is 14.3. The van der Waals surface area contributed by atoms with Gasteiger partial charge in [0, 0.05) is 12.6 Å². The summed E-state index contributed by atoms with van der Waals surface area (Å²) in [5, 5.41) is 6.74. The van der Waals surface area contributed by atoms with E-state index >= 15 is 0 Å². The Morgan fingerprint density at radius 2 is 1.79 bits per heavy atom. The van der Waals surface area contributed by atoms with Crippen molar-refractivity contribution in [3.8, 4) is 0 Å². The van der Waals surface area contributed by atoms with Crippen LogP contribution in [0.4, 0.5) is 11.9 Å². The van der Waals surface area contributed by atoms with E-state index in [0.717, 1.165) is 18.9 Å². The highest BCUT2D eigenvalue weighted by Crippen LogP contribution is 2.25. The highest BCUT2D eigenvalue weighted by molar-refractivity contribution is 6.28. The molecule has 0 atom stereocenters. The summed E-state index contributed by atoms with van der Waals surface area (Å²) in [7, 11) is 0. The molecule has 1 saturated carbocycles. The summed E-state index contributed by atoms with van der Waals surface area (Å²) in [5.74, 6) is 1.97. The number of rotatable bonds is 5. The van der Waals surface area contributed by atoms with Crippen LogP contribution in [0.5, 0.6) is 0 Å². The second-order valence-corrected chi connectivity index (χ2v) is 5.62. The van der Waals surface area contributed by atoms with Crippen LogP contribution in [0, 0.1) is 5.92 Å². The number of aromatic nitrogens is 3. The first-order valence-electron chi connectivity index (χ1n) is 7.09. The normalized spacial score (nSPS) is 23.1. The van der Waals surface area contributed by atoms with Crippen LogP contribution in [0.1, 0.15) is 46.0 Å². The third-order valence-electron chi connectivity index (χ3n) is 3.49. The molecule has 0 aromatic carbocycles. The summed E-state index contributed by atoms with van der Waals surface area (Å²) >= 11 is 5.93. The predicted molar refractivity (Wildman–Crippen MR) is 78.7 cm³/mol. The van der Waals surface area contributed by atoms with Crippen molar-refractivity contribution < 1.29 is 0 Å². The van der Waals surface area contributed by atoms with Gasteiger partial charge < -0.3 is 10.6 Å². The van der Waals surface area contributed by atoms with Crippen molar-refractivity contribution in [3.05, 3.63) is 5.28 Å². The van der Waals surface area contributed by atoms with Gasteiger partial charge in [0.25, 0.3) is 0 Å². The lowest BCUT2D eigenvalue weighted by Crippen LogP contribution is -2.26. The zero-order chi connectivity index (χ0) is 13.7. The van der Waals surface area contributed by atoms with Gasteiger partial charge in [-0.3, -0.25) is 0 Å². The Morgan fingerprint density at radius 1 is 1.11 bits per heavy atom. The van der Waals surface area contributed by atoms with Crippen molar-refractivity contribution in [1.82, 2.24) is 15.0 Å². The lowest BCUT2D eigenvalue weighted by atomic mass is 9.87. The van der Waals surface area contributed by atoms with Crippen LogP contribution in [0.2, 0.25) is 5.28 Å². The van der Waals surface area contributed by atoms with Crippen LogP contribution < -0.4 is 10.6 Å². The molecule has 2 rings (SSSR count). The third kappa shape index (κ3) is 4.49. The van der Waals surface area contributed by atoms with Crippen LogP contribution in [-0.4, -0.2) is 27.5 Å². The Kier molecular flexibility index (Phi) is 5.19. The van der Waals surface area contributed by atoms with Crippen LogP contribution in [0.15, 0.2) is 0 Å². The van der Waals surface area contributed by atoms with Gasteiger partial charge >= 0.3 is 0 Å². The van der Waals surface area contributed by atoms with Gasteiger partial charge in [-0.1, -0.05) is 13.8 Å². The lowest BCUT2D eigenvalue weighted by Gasteiger charge is -2.26. The van der Waals surface area contributed by atoms with Crippen LogP contribution in [0.25, 0.3) is 0 Å². The average Bonchev–Trinajstić information content (AvgIpc) is 2.38. The number of hydrogen-bond donors (Lipinski definition) is 2. The molecule has 1 fully saturated rings. The molecule has 19 heavy (non-hydrogen) atoms. The summed E-state index contributed by atoms with van der Waals surface area (Å²) in [5.41, 5.74) is 0. The molecule has 1 aliphatic rings. The Bertz CT molecular complexity index is 404. The minimum absolute atomic E-state index is 0.236. The Morgan fingerprint density at radius 3 is 2.47 bits per heavy atom. The average molecular weight is 284 g/mol. The minimum Gasteiger partial charge on any atom is -0.354 e. The van der Waals surface area contributed by atoms with Crippen molar-refractivity contribution in [2.24, 2.45) is 5.92 Å². The van der Waals surface area contributed by atoms with Crippen molar-refractivity contribution >= 4 is 23.5 Å². The van der Waals surface area contributed by atoms with Gasteiger partial charge in [0.1, 0.15) is 0 Å². The lowest BCUT2D eigenvalue weighted by molar-refractivity contribution is 0.360. The van der Waals surface area contributed by atoms with E-state index < -0.39 is 0 Å². The Labute approximate surface area is 119 Å². The zero-order valence-corrected chi connectivity index (χ0v) is 12.4. The maximum absolute atomic E-state index is 5.93. The van der Waals surface area contributed by atoms with Gasteiger partial charge in [0.15, 0.2) is 0 Å². The van der Waals surface area contributed by atoms with Gasteiger partial charge in [-0.2, -0.15) is 15.0 Å². The molecule has 1 aliphatic carbocycles. The highest BCUT2D eigenvalue weighted by atomic mass is 35.5.